The van der Waals surface area contributed by atoms with Crippen molar-refractivity contribution < 1.29 is 9.57 Å². The minimum Gasteiger partial charge on any atom is -0.230 e. The highest BCUT2D eigenvalue weighted by Gasteiger charge is 2.33. The van der Waals surface area contributed by atoms with E-state index in [1.807, 2.05) is 17.0 Å². The van der Waals surface area contributed by atoms with Gasteiger partial charge in [0, 0.05) is 33.2 Å². The molecular formula is C41H36BNO. The molecular weight excluding hydrogens is 533 g/mol. The van der Waals surface area contributed by atoms with Gasteiger partial charge in [0.15, 0.2) is 0 Å². The third-order valence-electron chi connectivity index (χ3n) is 9.23. The smallest absolute Gasteiger partial charge is 0.230 e. The lowest BCUT2D eigenvalue weighted by molar-refractivity contribution is -0.865. The first-order valence-corrected chi connectivity index (χ1v) is 15.8. The number of hydrogen-bond donors (Lipinski definition) is 0. The molecule has 1 heterocycles. The largest absolute Gasteiger partial charge is 0.262 e. The van der Waals surface area contributed by atoms with Crippen molar-refractivity contribution in [3.05, 3.63) is 164 Å². The molecule has 0 saturated heterocycles. The predicted octanol–water partition coefficient (Wildman–Crippen LogP) is 8.06. The van der Waals surface area contributed by atoms with Crippen LogP contribution in [0.5, 0.6) is 5.75 Å². The van der Waals surface area contributed by atoms with Gasteiger partial charge in [-0.2, -0.15) is 22.7 Å². The molecule has 0 aliphatic rings. The van der Waals surface area contributed by atoms with Crippen molar-refractivity contribution in [2.75, 3.05) is 0 Å². The molecule has 0 N–H and O–H groups in total. The fraction of sp³-hybridized carbons (Fsp3) is 0.0976. The monoisotopic (exact) mass is 569 g/mol. The van der Waals surface area contributed by atoms with Gasteiger partial charge in [0.05, 0.1) is 6.15 Å². The number of unbranched alkanes of at least 4 members (excludes halogenated alkanes) is 1. The summed E-state index contributed by atoms with van der Waals surface area (Å²) in [6.07, 6.45) is 4.07. The quantitative estimate of drug-likeness (QED) is 0.0974. The Hall–Kier alpha value is -5.15. The molecule has 0 spiro atoms. The van der Waals surface area contributed by atoms with E-state index >= 15 is 0 Å². The fourth-order valence-corrected chi connectivity index (χ4v) is 7.16. The lowest BCUT2D eigenvalue weighted by Gasteiger charge is -2.44. The number of hydrogen-bond acceptors (Lipinski definition) is 1. The van der Waals surface area contributed by atoms with Crippen molar-refractivity contribution in [3.63, 3.8) is 0 Å². The van der Waals surface area contributed by atoms with Gasteiger partial charge in [0.25, 0.3) is 5.69 Å². The zero-order valence-electron chi connectivity index (χ0n) is 25.1. The normalized spacial score (nSPS) is 11.6. The van der Waals surface area contributed by atoms with E-state index in [-0.39, 0.29) is 0 Å². The molecule has 0 aliphatic heterocycles. The van der Waals surface area contributed by atoms with Gasteiger partial charge in [-0.25, -0.2) is 4.84 Å². The number of rotatable bonds is 9. The van der Waals surface area contributed by atoms with Crippen LogP contribution in [0.4, 0.5) is 0 Å². The summed E-state index contributed by atoms with van der Waals surface area (Å²) >= 11 is 0. The zero-order valence-corrected chi connectivity index (χ0v) is 25.1. The average Bonchev–Trinajstić information content (AvgIpc) is 3.10. The van der Waals surface area contributed by atoms with Gasteiger partial charge >= 0.3 is 0 Å². The molecule has 0 saturated carbocycles. The number of nitrogens with zero attached hydrogens (tertiary/aromatic N) is 1. The van der Waals surface area contributed by atoms with Crippen molar-refractivity contribution in [1.29, 1.82) is 0 Å². The molecule has 0 fully saturated rings. The van der Waals surface area contributed by atoms with Crippen molar-refractivity contribution in [1.82, 2.24) is 0 Å². The maximum Gasteiger partial charge on any atom is 0.262 e. The second-order valence-electron chi connectivity index (χ2n) is 11.7. The summed E-state index contributed by atoms with van der Waals surface area (Å²) in [7, 11) is 0. The molecule has 44 heavy (non-hydrogen) atoms. The SMILES string of the molecule is CCCC[B-](c1ccccc1)(c1ccccc1)c1ccccc1-c1cccc[n+]1Oc1c2ccccc2cc2ccccc12. The van der Waals surface area contributed by atoms with E-state index in [4.69, 9.17) is 4.84 Å². The third kappa shape index (κ3) is 4.95. The molecule has 0 amide bonds. The topological polar surface area (TPSA) is 13.1 Å². The first-order valence-electron chi connectivity index (χ1n) is 15.8. The van der Waals surface area contributed by atoms with E-state index in [2.05, 4.69) is 159 Å². The second-order valence-corrected chi connectivity index (χ2v) is 11.7. The lowest BCUT2D eigenvalue weighted by atomic mass is 9.13. The Bertz CT molecular complexity index is 1940. The summed E-state index contributed by atoms with van der Waals surface area (Å²) in [6.45, 7) is 2.29. The summed E-state index contributed by atoms with van der Waals surface area (Å²) < 4.78 is 1.96. The molecule has 7 aromatic rings. The fourth-order valence-electron chi connectivity index (χ4n) is 7.16. The molecule has 214 valence electrons. The van der Waals surface area contributed by atoms with Gasteiger partial charge in [0.2, 0.25) is 11.9 Å². The minimum absolute atomic E-state index is 0.863. The van der Waals surface area contributed by atoms with E-state index in [1.165, 1.54) is 22.0 Å². The summed E-state index contributed by atoms with van der Waals surface area (Å²) in [5.74, 6) is 0.863. The van der Waals surface area contributed by atoms with E-state index in [0.29, 0.717) is 0 Å². The molecule has 1 aromatic heterocycles. The van der Waals surface area contributed by atoms with Crippen LogP contribution in [0.1, 0.15) is 19.8 Å². The number of benzene rings is 6. The van der Waals surface area contributed by atoms with Crippen LogP contribution in [-0.2, 0) is 0 Å². The van der Waals surface area contributed by atoms with E-state index in [1.54, 1.807) is 0 Å². The van der Waals surface area contributed by atoms with Crippen LogP contribution < -0.4 is 26.0 Å². The third-order valence-corrected chi connectivity index (χ3v) is 9.23. The first-order chi connectivity index (χ1) is 21.8. The van der Waals surface area contributed by atoms with Crippen molar-refractivity contribution in [2.45, 2.75) is 26.1 Å². The van der Waals surface area contributed by atoms with Gasteiger partial charge in [-0.15, -0.1) is 0 Å². The summed E-state index contributed by atoms with van der Waals surface area (Å²) in [4.78, 5) is 6.97. The molecule has 0 aliphatic carbocycles. The van der Waals surface area contributed by atoms with E-state index in [9.17, 15) is 0 Å². The highest BCUT2D eigenvalue weighted by molar-refractivity contribution is 7.12. The van der Waals surface area contributed by atoms with Crippen LogP contribution in [0.25, 0.3) is 32.8 Å². The molecule has 0 bridgehead atoms. The highest BCUT2D eigenvalue weighted by atomic mass is 16.7. The second kappa shape index (κ2) is 12.2. The van der Waals surface area contributed by atoms with Crippen LogP contribution in [0, 0.1) is 0 Å². The average molecular weight is 570 g/mol. The standard InChI is InChI=1S/C41H36BNO/c1-2-3-29-42(34-20-6-4-7-21-34,35-22-8-5-9-23-35)39-27-15-14-26-38(39)40-28-16-17-30-43(40)44-41-36-24-12-10-18-32(36)31-33-19-11-13-25-37(33)41/h4-28,30-31H,2-3,29H2,1H3. The molecule has 2 nitrogen and oxygen atoms in total. The maximum absolute atomic E-state index is 6.97. The Balaban J connectivity index is 1.47. The highest BCUT2D eigenvalue weighted by Crippen LogP contribution is 2.34. The Morgan fingerprint density at radius 3 is 1.75 bits per heavy atom. The molecule has 0 unspecified atom stereocenters. The Morgan fingerprint density at radius 2 is 1.11 bits per heavy atom. The molecule has 0 radical (unpaired) electrons. The van der Waals surface area contributed by atoms with Crippen LogP contribution in [0.15, 0.2) is 164 Å². The van der Waals surface area contributed by atoms with E-state index in [0.717, 1.165) is 52.2 Å². The number of aromatic nitrogens is 1. The first kappa shape index (κ1) is 27.7. The van der Waals surface area contributed by atoms with Crippen LogP contribution in [0.2, 0.25) is 6.32 Å². The van der Waals surface area contributed by atoms with E-state index < -0.39 is 6.15 Å². The zero-order chi connectivity index (χ0) is 29.8. The Morgan fingerprint density at radius 1 is 0.568 bits per heavy atom. The lowest BCUT2D eigenvalue weighted by Crippen LogP contribution is -2.67. The molecule has 7 rings (SSSR count). The van der Waals surface area contributed by atoms with Gasteiger partial charge < -0.3 is 0 Å². The van der Waals surface area contributed by atoms with Crippen molar-refractivity contribution >= 4 is 44.1 Å². The maximum atomic E-state index is 6.97. The minimum atomic E-state index is -1.29. The summed E-state index contributed by atoms with van der Waals surface area (Å²) in [5.41, 5.74) is 6.27. The Labute approximate surface area is 260 Å². The van der Waals surface area contributed by atoms with Gasteiger partial charge in [-0.1, -0.05) is 153 Å². The van der Waals surface area contributed by atoms with Crippen LogP contribution >= 0.6 is 0 Å². The van der Waals surface area contributed by atoms with Gasteiger partial charge in [-0.3, -0.25) is 0 Å². The summed E-state index contributed by atoms with van der Waals surface area (Å²) in [6, 6.07) is 56.7. The summed E-state index contributed by atoms with van der Waals surface area (Å²) in [5, 5.41) is 4.51. The molecule has 3 heteroatoms. The van der Waals surface area contributed by atoms with Gasteiger partial charge in [-0.05, 0) is 22.9 Å². The molecule has 0 atom stereocenters. The van der Waals surface area contributed by atoms with Crippen molar-refractivity contribution in [2.24, 2.45) is 0 Å². The predicted molar refractivity (Wildman–Crippen MR) is 187 cm³/mol. The Kier molecular flexibility index (Phi) is 7.69. The van der Waals surface area contributed by atoms with Crippen LogP contribution in [0.3, 0.4) is 0 Å². The van der Waals surface area contributed by atoms with Crippen molar-refractivity contribution in [3.8, 4) is 17.0 Å². The van der Waals surface area contributed by atoms with Gasteiger partial charge in [0.1, 0.15) is 0 Å². The number of pyridine rings is 1. The molecule has 6 aromatic carbocycles. The van der Waals surface area contributed by atoms with Crippen LogP contribution in [-0.4, -0.2) is 6.15 Å². The number of fused-ring (bicyclic) bond motifs is 2.